The van der Waals surface area contributed by atoms with Gasteiger partial charge in [-0.15, -0.1) is 0 Å². The van der Waals surface area contributed by atoms with Gasteiger partial charge in [0, 0.05) is 24.2 Å². The molecule has 0 fully saturated rings. The van der Waals surface area contributed by atoms with Crippen LogP contribution in [0.1, 0.15) is 26.3 Å². The normalized spacial score (nSPS) is 12.2. The molecule has 8 heteroatoms. The average Bonchev–Trinajstić information content (AvgIpc) is 2.83. The number of furan rings is 1. The first-order valence-electron chi connectivity index (χ1n) is 6.66. The van der Waals surface area contributed by atoms with E-state index in [1.165, 1.54) is 0 Å². The number of hydrogen-bond donors (Lipinski definition) is 2. The zero-order valence-corrected chi connectivity index (χ0v) is 13.7. The van der Waals surface area contributed by atoms with Crippen molar-refractivity contribution in [2.45, 2.75) is 32.9 Å². The van der Waals surface area contributed by atoms with E-state index in [9.17, 15) is 13.2 Å². The van der Waals surface area contributed by atoms with E-state index in [0.717, 1.165) is 11.8 Å². The second kappa shape index (κ2) is 6.95. The molecule has 2 N–H and O–H groups in total. The maximum absolute atomic E-state index is 12.1. The molecule has 2 amide bonds. The molecule has 1 aromatic rings. The molecule has 120 valence electrons. The first-order valence-corrected chi connectivity index (χ1v) is 8.55. The Bertz CT molecular complexity index is 552. The van der Waals surface area contributed by atoms with Crippen LogP contribution in [0.4, 0.5) is 4.79 Å². The Balaban J connectivity index is 2.54. The van der Waals surface area contributed by atoms with E-state index in [2.05, 4.69) is 10.0 Å². The molecule has 0 aromatic carbocycles. The maximum atomic E-state index is 12.1. The molecular formula is C13H23N3O4S. The van der Waals surface area contributed by atoms with Gasteiger partial charge in [-0.1, -0.05) is 0 Å². The highest BCUT2D eigenvalue weighted by molar-refractivity contribution is 7.88. The summed E-state index contributed by atoms with van der Waals surface area (Å²) in [6.07, 6.45) is 4.24. The molecule has 0 atom stereocenters. The predicted molar refractivity (Wildman–Crippen MR) is 80.2 cm³/mol. The summed E-state index contributed by atoms with van der Waals surface area (Å²) in [6.45, 7) is 6.47. The van der Waals surface area contributed by atoms with E-state index < -0.39 is 15.6 Å². The van der Waals surface area contributed by atoms with Gasteiger partial charge in [0.15, 0.2) is 0 Å². The molecule has 1 aromatic heterocycles. The maximum Gasteiger partial charge on any atom is 0.317 e. The summed E-state index contributed by atoms with van der Waals surface area (Å²) in [5.41, 5.74) is 0.152. The largest absolute Gasteiger partial charge is 0.472 e. The third-order valence-corrected chi connectivity index (χ3v) is 3.69. The van der Waals surface area contributed by atoms with Gasteiger partial charge in [-0.25, -0.2) is 17.9 Å². The molecule has 1 rings (SSSR count). The van der Waals surface area contributed by atoms with Crippen molar-refractivity contribution in [2.24, 2.45) is 0 Å². The standard InChI is InChI=1S/C13H23N3O4S/c1-5-16(8-11-6-7-20-9-11)12(17)14-10-13(2,3)15-21(4,18)19/h6-7,9,15H,5,8,10H2,1-4H3,(H,14,17). The number of rotatable bonds is 7. The van der Waals surface area contributed by atoms with E-state index in [1.807, 2.05) is 6.92 Å². The Morgan fingerprint density at radius 1 is 1.43 bits per heavy atom. The van der Waals surface area contributed by atoms with Gasteiger partial charge in [-0.3, -0.25) is 0 Å². The summed E-state index contributed by atoms with van der Waals surface area (Å²) in [7, 11) is -3.32. The number of sulfonamides is 1. The van der Waals surface area contributed by atoms with Crippen molar-refractivity contribution in [2.75, 3.05) is 19.3 Å². The quantitative estimate of drug-likeness (QED) is 0.789. The molecule has 0 bridgehead atoms. The number of urea groups is 1. The van der Waals surface area contributed by atoms with Gasteiger partial charge >= 0.3 is 6.03 Å². The van der Waals surface area contributed by atoms with E-state index in [1.54, 1.807) is 37.3 Å². The van der Waals surface area contributed by atoms with Crippen molar-refractivity contribution in [3.05, 3.63) is 24.2 Å². The van der Waals surface area contributed by atoms with Gasteiger partial charge < -0.3 is 14.6 Å². The molecule has 0 unspecified atom stereocenters. The first kappa shape index (κ1) is 17.5. The van der Waals surface area contributed by atoms with E-state index in [4.69, 9.17) is 4.42 Å². The van der Waals surface area contributed by atoms with Crippen LogP contribution in [0, 0.1) is 0 Å². The second-order valence-corrected chi connectivity index (χ2v) is 7.31. The number of carbonyl (C=O) groups excluding carboxylic acids is 1. The summed E-state index contributed by atoms with van der Waals surface area (Å²) < 4.78 is 29.9. The van der Waals surface area contributed by atoms with Crippen LogP contribution in [-0.4, -0.2) is 44.2 Å². The lowest BCUT2D eigenvalue weighted by atomic mass is 10.1. The summed E-state index contributed by atoms with van der Waals surface area (Å²) in [4.78, 5) is 13.7. The third-order valence-electron chi connectivity index (χ3n) is 2.77. The van der Waals surface area contributed by atoms with Crippen LogP contribution in [0.15, 0.2) is 23.0 Å². The van der Waals surface area contributed by atoms with Crippen LogP contribution in [0.3, 0.4) is 0 Å². The Labute approximate surface area is 125 Å². The lowest BCUT2D eigenvalue weighted by Gasteiger charge is -2.27. The molecule has 0 saturated carbocycles. The van der Waals surface area contributed by atoms with Crippen molar-refractivity contribution in [3.8, 4) is 0 Å². The fourth-order valence-corrected chi connectivity index (χ4v) is 2.95. The Morgan fingerprint density at radius 2 is 2.10 bits per heavy atom. The summed E-state index contributed by atoms with van der Waals surface area (Å²) in [6, 6.07) is 1.55. The Morgan fingerprint density at radius 3 is 2.57 bits per heavy atom. The minimum absolute atomic E-state index is 0.195. The fraction of sp³-hybridized carbons (Fsp3) is 0.615. The molecule has 21 heavy (non-hydrogen) atoms. The fourth-order valence-electron chi connectivity index (χ4n) is 1.88. The van der Waals surface area contributed by atoms with Crippen LogP contribution in [0.25, 0.3) is 0 Å². The smallest absolute Gasteiger partial charge is 0.317 e. The monoisotopic (exact) mass is 317 g/mol. The molecule has 1 heterocycles. The lowest BCUT2D eigenvalue weighted by molar-refractivity contribution is 0.195. The van der Waals surface area contributed by atoms with Gasteiger partial charge in [0.25, 0.3) is 0 Å². The number of carbonyl (C=O) groups is 1. The van der Waals surface area contributed by atoms with Crippen molar-refractivity contribution in [1.29, 1.82) is 0 Å². The van der Waals surface area contributed by atoms with Crippen LogP contribution in [-0.2, 0) is 16.6 Å². The number of amides is 2. The molecule has 0 aliphatic heterocycles. The average molecular weight is 317 g/mol. The zero-order valence-electron chi connectivity index (χ0n) is 12.8. The summed E-state index contributed by atoms with van der Waals surface area (Å²) in [5.74, 6) is 0. The molecule has 0 spiro atoms. The minimum Gasteiger partial charge on any atom is -0.472 e. The number of hydrogen-bond acceptors (Lipinski definition) is 4. The van der Waals surface area contributed by atoms with Crippen molar-refractivity contribution >= 4 is 16.1 Å². The SMILES string of the molecule is CCN(Cc1ccoc1)C(=O)NCC(C)(C)NS(C)(=O)=O. The van der Waals surface area contributed by atoms with Gasteiger partial charge in [0.05, 0.1) is 25.3 Å². The van der Waals surface area contributed by atoms with Gasteiger partial charge in [-0.2, -0.15) is 0 Å². The van der Waals surface area contributed by atoms with Crippen molar-refractivity contribution in [1.82, 2.24) is 14.9 Å². The van der Waals surface area contributed by atoms with Gasteiger partial charge in [-0.05, 0) is 26.8 Å². The topological polar surface area (TPSA) is 91.7 Å². The molecule has 0 aliphatic carbocycles. The Hall–Kier alpha value is -1.54. The van der Waals surface area contributed by atoms with E-state index in [-0.39, 0.29) is 12.6 Å². The summed E-state index contributed by atoms with van der Waals surface area (Å²) in [5, 5.41) is 2.74. The first-order chi connectivity index (χ1) is 9.63. The molecule has 0 saturated heterocycles. The predicted octanol–water partition coefficient (Wildman–Crippen LogP) is 1.14. The van der Waals surface area contributed by atoms with Crippen LogP contribution in [0.2, 0.25) is 0 Å². The summed E-state index contributed by atoms with van der Waals surface area (Å²) >= 11 is 0. The second-order valence-electron chi connectivity index (χ2n) is 5.56. The highest BCUT2D eigenvalue weighted by atomic mass is 32.2. The zero-order chi connectivity index (χ0) is 16.1. The van der Waals surface area contributed by atoms with Crippen LogP contribution in [0.5, 0.6) is 0 Å². The van der Waals surface area contributed by atoms with E-state index >= 15 is 0 Å². The van der Waals surface area contributed by atoms with Crippen molar-refractivity contribution < 1.29 is 17.6 Å². The van der Waals surface area contributed by atoms with Gasteiger partial charge in [0.2, 0.25) is 10.0 Å². The van der Waals surface area contributed by atoms with Crippen LogP contribution >= 0.6 is 0 Å². The van der Waals surface area contributed by atoms with Crippen molar-refractivity contribution in [3.63, 3.8) is 0 Å². The number of nitrogens with one attached hydrogen (secondary N) is 2. The Kier molecular flexibility index (Phi) is 5.79. The lowest BCUT2D eigenvalue weighted by Crippen LogP contribution is -2.53. The molecular weight excluding hydrogens is 294 g/mol. The minimum atomic E-state index is -3.32. The van der Waals surface area contributed by atoms with E-state index in [0.29, 0.717) is 13.1 Å². The highest BCUT2D eigenvalue weighted by Crippen LogP contribution is 2.06. The van der Waals surface area contributed by atoms with Crippen LogP contribution < -0.4 is 10.0 Å². The third kappa shape index (κ3) is 6.63. The highest BCUT2D eigenvalue weighted by Gasteiger charge is 2.24. The molecule has 7 nitrogen and oxygen atoms in total. The molecule has 0 aliphatic rings. The van der Waals surface area contributed by atoms with Gasteiger partial charge in [0.1, 0.15) is 0 Å². The number of nitrogens with zero attached hydrogens (tertiary/aromatic N) is 1. The molecule has 0 radical (unpaired) electrons.